The summed E-state index contributed by atoms with van der Waals surface area (Å²) < 4.78 is 8.16. The number of furan rings is 1. The highest BCUT2D eigenvalue weighted by atomic mass is 16.3. The Morgan fingerprint density at radius 2 is 1.44 bits per heavy atom. The Balaban J connectivity index is 2.19. The molecular formula is C23H25N5O6. The van der Waals surface area contributed by atoms with Crippen LogP contribution in [0.5, 0.6) is 0 Å². The summed E-state index contributed by atoms with van der Waals surface area (Å²) in [6.07, 6.45) is 4.92. The van der Waals surface area contributed by atoms with Crippen molar-refractivity contribution in [2.24, 2.45) is 14.1 Å². The van der Waals surface area contributed by atoms with Crippen molar-refractivity contribution in [1.82, 2.24) is 23.8 Å². The number of carbonyl (C=O) groups excluding carboxylic acids is 3. The number of aryl methyl sites for hydroxylation is 1. The predicted molar refractivity (Wildman–Crippen MR) is 124 cm³/mol. The molecule has 3 heterocycles. The number of fused-ring (bicyclic) bond motifs is 3. The van der Waals surface area contributed by atoms with E-state index < -0.39 is 29.1 Å². The average molecular weight is 467 g/mol. The van der Waals surface area contributed by atoms with Crippen molar-refractivity contribution < 1.29 is 18.8 Å². The van der Waals surface area contributed by atoms with Crippen molar-refractivity contribution in [1.29, 1.82) is 0 Å². The summed E-state index contributed by atoms with van der Waals surface area (Å²) in [5.74, 6) is -1.47. The molecule has 1 fully saturated rings. The zero-order chi connectivity index (χ0) is 25.1. The number of imide groups is 2. The van der Waals surface area contributed by atoms with Gasteiger partial charge >= 0.3 is 11.7 Å². The van der Waals surface area contributed by atoms with Gasteiger partial charge in [0.1, 0.15) is 16.4 Å². The second-order valence-electron chi connectivity index (χ2n) is 8.10. The van der Waals surface area contributed by atoms with Gasteiger partial charge in [-0.2, -0.15) is 0 Å². The van der Waals surface area contributed by atoms with Crippen molar-refractivity contribution in [2.45, 2.75) is 13.8 Å². The van der Waals surface area contributed by atoms with Gasteiger partial charge in [0.05, 0.1) is 0 Å². The molecular weight excluding hydrogens is 442 g/mol. The summed E-state index contributed by atoms with van der Waals surface area (Å²) in [6, 6.07) is -0.726. The van der Waals surface area contributed by atoms with Gasteiger partial charge in [0, 0.05) is 57.8 Å². The maximum Gasteiger partial charge on any atom is 0.333 e. The first-order chi connectivity index (χ1) is 16.0. The number of likely N-dealkylation sites (N-methyl/N-ethyl adjacent to an activating group) is 3. The van der Waals surface area contributed by atoms with E-state index in [9.17, 15) is 24.0 Å². The minimum absolute atomic E-state index is 0.0837. The lowest BCUT2D eigenvalue weighted by atomic mass is 9.99. The lowest BCUT2D eigenvalue weighted by Crippen LogP contribution is -2.53. The van der Waals surface area contributed by atoms with Crippen molar-refractivity contribution in [2.75, 3.05) is 27.2 Å². The van der Waals surface area contributed by atoms with Crippen LogP contribution < -0.4 is 21.9 Å². The lowest BCUT2D eigenvalue weighted by Gasteiger charge is -2.32. The van der Waals surface area contributed by atoms with E-state index in [4.69, 9.17) is 4.42 Å². The van der Waals surface area contributed by atoms with Gasteiger partial charge in [0.2, 0.25) is 5.71 Å². The van der Waals surface area contributed by atoms with Crippen LogP contribution in [0.3, 0.4) is 0 Å². The number of rotatable bonds is 3. The number of carbonyl (C=O) groups is 3. The van der Waals surface area contributed by atoms with Gasteiger partial charge in [0.15, 0.2) is 0 Å². The van der Waals surface area contributed by atoms with Crippen LogP contribution in [-0.4, -0.2) is 68.9 Å². The van der Waals surface area contributed by atoms with Gasteiger partial charge in [0.25, 0.3) is 17.4 Å². The molecule has 2 aliphatic rings. The lowest BCUT2D eigenvalue weighted by molar-refractivity contribution is -0.134. The Morgan fingerprint density at radius 3 is 2.00 bits per heavy atom. The first-order valence-electron chi connectivity index (χ1n) is 10.8. The summed E-state index contributed by atoms with van der Waals surface area (Å²) in [7, 11) is 5.50. The molecule has 0 bridgehead atoms. The molecule has 2 aromatic heterocycles. The van der Waals surface area contributed by atoms with E-state index in [1.165, 1.54) is 38.8 Å². The molecule has 178 valence electrons. The van der Waals surface area contributed by atoms with Gasteiger partial charge in [-0.25, -0.2) is 9.59 Å². The number of barbiturate groups is 1. The summed E-state index contributed by atoms with van der Waals surface area (Å²) in [5, 5.41) is 0.642. The average Bonchev–Trinajstić information content (AvgIpc) is 3.09. The monoisotopic (exact) mass is 467 g/mol. The molecule has 11 heteroatoms. The summed E-state index contributed by atoms with van der Waals surface area (Å²) in [6.45, 7) is 5.02. The molecule has 34 heavy (non-hydrogen) atoms. The first-order valence-corrected chi connectivity index (χ1v) is 10.8. The molecule has 0 saturated carbocycles. The maximum atomic E-state index is 13.1. The van der Waals surface area contributed by atoms with Crippen LogP contribution in [0, 0.1) is 0 Å². The molecule has 1 aliphatic carbocycles. The molecule has 0 unspecified atom stereocenters. The fourth-order valence-corrected chi connectivity index (χ4v) is 4.28. The number of allylic oxidation sites excluding steroid dienone is 2. The molecule has 0 radical (unpaired) electrons. The van der Waals surface area contributed by atoms with Gasteiger partial charge in [-0.05, 0) is 32.1 Å². The molecule has 0 spiro atoms. The Kier molecular flexibility index (Phi) is 5.42. The van der Waals surface area contributed by atoms with Crippen LogP contribution in [0.25, 0.3) is 23.3 Å². The van der Waals surface area contributed by atoms with Crippen LogP contribution in [0.15, 0.2) is 36.9 Å². The highest BCUT2D eigenvalue weighted by Gasteiger charge is 2.40. The van der Waals surface area contributed by atoms with E-state index in [-0.39, 0.29) is 27.7 Å². The van der Waals surface area contributed by atoms with Crippen LogP contribution in [-0.2, 0) is 23.7 Å². The number of nitrogens with zero attached hydrogens (tertiary/aromatic N) is 5. The van der Waals surface area contributed by atoms with Gasteiger partial charge < -0.3 is 9.32 Å². The Bertz CT molecular complexity index is 1550. The molecule has 0 atom stereocenters. The molecule has 11 nitrogen and oxygen atoms in total. The fraction of sp³-hybridized carbons (Fsp3) is 0.348. The zero-order valence-electron chi connectivity index (χ0n) is 19.8. The Hall–Kier alpha value is -4.15. The number of hydrogen-bond donors (Lipinski definition) is 0. The molecule has 2 aromatic rings. The van der Waals surface area contributed by atoms with Crippen molar-refractivity contribution >= 4 is 41.1 Å². The number of aromatic nitrogens is 2. The zero-order valence-corrected chi connectivity index (χ0v) is 19.8. The number of amides is 4. The molecule has 1 aliphatic heterocycles. The van der Waals surface area contributed by atoms with Crippen molar-refractivity contribution in [3.05, 3.63) is 54.4 Å². The van der Waals surface area contributed by atoms with E-state index in [1.807, 2.05) is 18.7 Å². The van der Waals surface area contributed by atoms with Crippen molar-refractivity contribution in [3.63, 3.8) is 0 Å². The van der Waals surface area contributed by atoms with Crippen LogP contribution >= 0.6 is 0 Å². The molecule has 0 aromatic carbocycles. The third-order valence-corrected chi connectivity index (χ3v) is 6.30. The van der Waals surface area contributed by atoms with Gasteiger partial charge in [-0.3, -0.25) is 33.3 Å². The largest absolute Gasteiger partial charge is 0.439 e. The third kappa shape index (κ3) is 3.07. The van der Waals surface area contributed by atoms with Crippen LogP contribution in [0.4, 0.5) is 4.79 Å². The number of urea groups is 1. The summed E-state index contributed by atoms with van der Waals surface area (Å²) >= 11 is 0. The van der Waals surface area contributed by atoms with Gasteiger partial charge in [-0.1, -0.05) is 0 Å². The third-order valence-electron chi connectivity index (χ3n) is 6.30. The van der Waals surface area contributed by atoms with Crippen molar-refractivity contribution in [3.8, 4) is 0 Å². The smallest absolute Gasteiger partial charge is 0.333 e. The Labute approximate surface area is 193 Å². The topological polar surface area (TPSA) is 118 Å². The quantitative estimate of drug-likeness (QED) is 0.419. The fourth-order valence-electron chi connectivity index (χ4n) is 4.28. The standard InChI is InChI=1S/C23H25N5O6/c1-7-28(8-2)14-10-9-12-15(34-21-17(12)20(31)26(5)23(33)27(21)6)11-13(14)16-18(29)24(3)22(32)25(4)19(16)30/h9-11H,7-8H2,1-6H3. The molecule has 4 rings (SSSR count). The molecule has 0 N–H and O–H groups in total. The highest BCUT2D eigenvalue weighted by molar-refractivity contribution is 6.30. The van der Waals surface area contributed by atoms with E-state index >= 15 is 0 Å². The minimum Gasteiger partial charge on any atom is -0.439 e. The Morgan fingerprint density at radius 1 is 0.853 bits per heavy atom. The second-order valence-corrected chi connectivity index (χ2v) is 8.10. The second kappa shape index (κ2) is 8.01. The minimum atomic E-state index is -0.736. The van der Waals surface area contributed by atoms with E-state index in [0.29, 0.717) is 24.0 Å². The van der Waals surface area contributed by atoms with E-state index in [0.717, 1.165) is 14.4 Å². The first kappa shape index (κ1) is 23.0. The van der Waals surface area contributed by atoms with E-state index in [1.54, 1.807) is 12.2 Å². The van der Waals surface area contributed by atoms with E-state index in [2.05, 4.69) is 0 Å². The van der Waals surface area contributed by atoms with Crippen LogP contribution in [0.1, 0.15) is 13.8 Å². The SMILES string of the molecule is CCN(CC)C1=CC=c2c(oc3c2c(=O)n(C)c(=O)n3C)=CC1=C1C(=O)N(C)C(=O)N(C)C1=O. The van der Waals surface area contributed by atoms with Crippen LogP contribution in [0.2, 0.25) is 0 Å². The highest BCUT2D eigenvalue weighted by Crippen LogP contribution is 2.27. The maximum absolute atomic E-state index is 13.1. The van der Waals surface area contributed by atoms with Gasteiger partial charge in [-0.15, -0.1) is 0 Å². The molecule has 1 saturated heterocycles. The predicted octanol–water partition coefficient (Wildman–Crippen LogP) is -1.02. The normalized spacial score (nSPS) is 16.4. The number of hydrogen-bond acceptors (Lipinski definition) is 7. The summed E-state index contributed by atoms with van der Waals surface area (Å²) in [4.78, 5) is 67.6. The summed E-state index contributed by atoms with van der Waals surface area (Å²) in [5.41, 5.74) is -0.112. The molecule has 4 amide bonds.